The molecular weight excluding hydrogens is 395 g/mol. The molecule has 0 amide bonds. The highest BCUT2D eigenvalue weighted by molar-refractivity contribution is 5.66. The van der Waals surface area contributed by atoms with Crippen LogP contribution in [0.15, 0.2) is 36.4 Å². The Morgan fingerprint density at radius 3 is 2.35 bits per heavy atom. The summed E-state index contributed by atoms with van der Waals surface area (Å²) in [6.45, 7) is 8.22. The zero-order chi connectivity index (χ0) is 23.2. The Kier molecular flexibility index (Phi) is 11.9. The van der Waals surface area contributed by atoms with Crippen molar-refractivity contribution < 1.29 is 19.0 Å². The molecule has 1 N–H and O–H groups in total. The lowest BCUT2D eigenvalue weighted by Gasteiger charge is -2.15. The van der Waals surface area contributed by atoms with E-state index in [-0.39, 0.29) is 18.9 Å². The van der Waals surface area contributed by atoms with E-state index >= 15 is 0 Å². The fraction of sp³-hybridized carbons (Fsp3) is 0.480. The minimum atomic E-state index is -0.713. The third-order valence-electron chi connectivity index (χ3n) is 4.58. The zero-order valence-electron chi connectivity index (χ0n) is 18.9. The molecule has 0 aliphatic carbocycles. The highest BCUT2D eigenvalue weighted by atomic mass is 19.1. The second-order valence-electron chi connectivity index (χ2n) is 7.87. The lowest BCUT2D eigenvalue weighted by Crippen LogP contribution is -2.04. The molecule has 0 saturated heterocycles. The van der Waals surface area contributed by atoms with Gasteiger partial charge in [0.2, 0.25) is 5.88 Å². The number of pyridine rings is 1. The third kappa shape index (κ3) is 10.1. The summed E-state index contributed by atoms with van der Waals surface area (Å²) in [6.07, 6.45) is 4.73. The first kappa shape index (κ1) is 26.1. The Bertz CT molecular complexity index is 856. The third-order valence-corrected chi connectivity index (χ3v) is 4.58. The zero-order valence-corrected chi connectivity index (χ0v) is 18.9. The number of benzene rings is 1. The highest BCUT2D eigenvalue weighted by Crippen LogP contribution is 2.26. The van der Waals surface area contributed by atoms with Gasteiger partial charge in [-0.15, -0.1) is 0 Å². The molecule has 6 heteroatoms. The smallest absolute Gasteiger partial charge is 0.303 e. The number of ether oxygens (including phenoxy) is 1. The van der Waals surface area contributed by atoms with Gasteiger partial charge in [0, 0.05) is 29.7 Å². The molecule has 1 aromatic heterocycles. The van der Waals surface area contributed by atoms with Gasteiger partial charge in [0.1, 0.15) is 12.4 Å². The van der Waals surface area contributed by atoms with Gasteiger partial charge in [-0.3, -0.25) is 4.79 Å². The van der Waals surface area contributed by atoms with Crippen LogP contribution in [0.3, 0.4) is 0 Å². The first-order chi connectivity index (χ1) is 14.8. The van der Waals surface area contributed by atoms with Crippen LogP contribution in [0.5, 0.6) is 5.88 Å². The maximum absolute atomic E-state index is 13.9. The summed E-state index contributed by atoms with van der Waals surface area (Å²) >= 11 is 0. The predicted molar refractivity (Wildman–Crippen MR) is 119 cm³/mol. The van der Waals surface area contributed by atoms with Crippen molar-refractivity contribution in [2.45, 2.75) is 72.3 Å². The Labute approximate surface area is 184 Å². The van der Waals surface area contributed by atoms with Crippen LogP contribution in [0, 0.1) is 23.1 Å². The van der Waals surface area contributed by atoms with Crippen LogP contribution in [0.25, 0.3) is 0 Å². The van der Waals surface area contributed by atoms with E-state index in [1.165, 1.54) is 6.07 Å². The van der Waals surface area contributed by atoms with E-state index in [9.17, 15) is 9.18 Å². The Hall–Kier alpha value is -2.94. The van der Waals surface area contributed by atoms with Crippen molar-refractivity contribution in [3.8, 4) is 11.9 Å². The maximum atomic E-state index is 13.9. The van der Waals surface area contributed by atoms with Crippen LogP contribution in [0.1, 0.15) is 82.5 Å². The Morgan fingerprint density at radius 1 is 1.19 bits per heavy atom. The van der Waals surface area contributed by atoms with Gasteiger partial charge in [-0.25, -0.2) is 9.37 Å². The topological polar surface area (TPSA) is 83.2 Å². The van der Waals surface area contributed by atoms with Crippen molar-refractivity contribution in [1.29, 1.82) is 5.26 Å². The van der Waals surface area contributed by atoms with E-state index in [2.05, 4.69) is 18.8 Å². The molecule has 2 aromatic rings. The first-order valence-electron chi connectivity index (χ1n) is 10.8. The monoisotopic (exact) mass is 428 g/mol. The number of hydrogen-bond acceptors (Lipinski definition) is 4. The average molecular weight is 429 g/mol. The van der Waals surface area contributed by atoms with Crippen molar-refractivity contribution in [2.75, 3.05) is 0 Å². The fourth-order valence-electron chi connectivity index (χ4n) is 3.11. The van der Waals surface area contributed by atoms with Crippen LogP contribution in [0.4, 0.5) is 4.39 Å². The number of carboxylic acid groups (broad SMARTS) is 1. The Balaban J connectivity index is 0.000000592. The van der Waals surface area contributed by atoms with Crippen LogP contribution in [0.2, 0.25) is 0 Å². The standard InChI is InChI=1S/C20H23FN2O.C5H10O2/c1-3-6-16(7-4-2)19-8-5-9-20(23-19)24-14-17-11-10-15(13-22)12-18(17)21;1-4(2)3-5(6)7/h5,8-12,16H,3-4,6-7,14H2,1-2H3;4H,3H2,1-2H3,(H,6,7). The van der Waals surface area contributed by atoms with Gasteiger partial charge in [-0.1, -0.05) is 52.7 Å². The molecule has 0 unspecified atom stereocenters. The molecule has 168 valence electrons. The second kappa shape index (κ2) is 14.1. The highest BCUT2D eigenvalue weighted by Gasteiger charge is 2.12. The number of hydrogen-bond donors (Lipinski definition) is 1. The van der Waals surface area contributed by atoms with Crippen LogP contribution >= 0.6 is 0 Å². The molecule has 2 rings (SSSR count). The summed E-state index contributed by atoms with van der Waals surface area (Å²) in [5.41, 5.74) is 1.76. The molecule has 0 saturated carbocycles. The molecule has 0 aliphatic heterocycles. The normalized spacial score (nSPS) is 10.4. The van der Waals surface area contributed by atoms with Gasteiger partial charge in [-0.05, 0) is 37.0 Å². The SMILES string of the molecule is CC(C)CC(=O)O.CCCC(CCC)c1cccc(OCc2ccc(C#N)cc2F)n1. The molecular formula is C25H33FN2O3. The summed E-state index contributed by atoms with van der Waals surface area (Å²) in [5, 5.41) is 16.9. The predicted octanol–water partition coefficient (Wildman–Crippen LogP) is 6.47. The van der Waals surface area contributed by atoms with Crippen LogP contribution < -0.4 is 4.74 Å². The van der Waals surface area contributed by atoms with Gasteiger partial charge >= 0.3 is 5.97 Å². The summed E-state index contributed by atoms with van der Waals surface area (Å²) in [7, 11) is 0. The molecule has 0 fully saturated rings. The van der Waals surface area contributed by atoms with Crippen molar-refractivity contribution >= 4 is 5.97 Å². The van der Waals surface area contributed by atoms with Gasteiger partial charge in [0.15, 0.2) is 0 Å². The first-order valence-corrected chi connectivity index (χ1v) is 10.8. The number of carboxylic acids is 1. The molecule has 0 radical (unpaired) electrons. The van der Waals surface area contributed by atoms with E-state index in [0.717, 1.165) is 31.4 Å². The van der Waals surface area contributed by atoms with Gasteiger partial charge in [0.25, 0.3) is 0 Å². The number of nitrogens with zero attached hydrogens (tertiary/aromatic N) is 2. The number of carbonyl (C=O) groups is 1. The molecule has 5 nitrogen and oxygen atoms in total. The van der Waals surface area contributed by atoms with Crippen LogP contribution in [-0.2, 0) is 11.4 Å². The van der Waals surface area contributed by atoms with Crippen molar-refractivity contribution in [3.05, 3.63) is 59.0 Å². The van der Waals surface area contributed by atoms with Crippen molar-refractivity contribution in [2.24, 2.45) is 5.92 Å². The fourth-order valence-corrected chi connectivity index (χ4v) is 3.11. The van der Waals surface area contributed by atoms with Crippen molar-refractivity contribution in [3.63, 3.8) is 0 Å². The van der Waals surface area contributed by atoms with E-state index in [1.807, 2.05) is 32.0 Å². The molecule has 1 aromatic carbocycles. The van der Waals surface area contributed by atoms with Crippen molar-refractivity contribution in [1.82, 2.24) is 4.98 Å². The lowest BCUT2D eigenvalue weighted by atomic mass is 9.94. The summed E-state index contributed by atoms with van der Waals surface area (Å²) in [6, 6.07) is 12.1. The number of aliphatic carboxylic acids is 1. The average Bonchev–Trinajstić information content (AvgIpc) is 2.72. The van der Waals surface area contributed by atoms with E-state index in [1.54, 1.807) is 18.2 Å². The maximum Gasteiger partial charge on any atom is 0.303 e. The molecule has 31 heavy (non-hydrogen) atoms. The minimum absolute atomic E-state index is 0.0974. The largest absolute Gasteiger partial charge is 0.481 e. The molecule has 0 aliphatic rings. The molecule has 0 spiro atoms. The van der Waals surface area contributed by atoms with E-state index < -0.39 is 11.8 Å². The molecule has 0 atom stereocenters. The Morgan fingerprint density at radius 2 is 1.87 bits per heavy atom. The summed E-state index contributed by atoms with van der Waals surface area (Å²) in [5.74, 6) is 0.0798. The van der Waals surface area contributed by atoms with E-state index in [4.69, 9.17) is 15.1 Å². The lowest BCUT2D eigenvalue weighted by molar-refractivity contribution is -0.137. The van der Waals surface area contributed by atoms with Gasteiger partial charge in [-0.2, -0.15) is 5.26 Å². The van der Waals surface area contributed by atoms with Crippen LogP contribution in [-0.4, -0.2) is 16.1 Å². The number of aromatic nitrogens is 1. The molecule has 0 bridgehead atoms. The number of nitriles is 1. The quantitative estimate of drug-likeness (QED) is 0.469. The number of rotatable bonds is 10. The summed E-state index contributed by atoms with van der Waals surface area (Å²) in [4.78, 5) is 14.4. The molecule has 1 heterocycles. The second-order valence-corrected chi connectivity index (χ2v) is 7.87. The van der Waals surface area contributed by atoms with E-state index in [0.29, 0.717) is 22.9 Å². The number of halogens is 1. The summed E-state index contributed by atoms with van der Waals surface area (Å²) < 4.78 is 19.6. The minimum Gasteiger partial charge on any atom is -0.481 e. The van der Waals surface area contributed by atoms with Gasteiger partial charge in [0.05, 0.1) is 11.6 Å². The van der Waals surface area contributed by atoms with Gasteiger partial charge < -0.3 is 9.84 Å².